The molecule has 6 heteroatoms. The molecule has 39 heavy (non-hydrogen) atoms. The fourth-order valence-electron chi connectivity index (χ4n) is 5.52. The van der Waals surface area contributed by atoms with Crippen LogP contribution in [0, 0.1) is 19.7 Å². The number of aryl methyl sites for hydroxylation is 2. The van der Waals surface area contributed by atoms with Crippen LogP contribution in [0.25, 0.3) is 0 Å². The van der Waals surface area contributed by atoms with Gasteiger partial charge in [-0.25, -0.2) is 4.39 Å². The van der Waals surface area contributed by atoms with Gasteiger partial charge in [-0.15, -0.1) is 0 Å². The van der Waals surface area contributed by atoms with E-state index < -0.39 is 0 Å². The number of aromatic nitrogens is 1. The van der Waals surface area contributed by atoms with Crippen molar-refractivity contribution in [3.8, 4) is 5.75 Å². The Morgan fingerprint density at radius 2 is 1.59 bits per heavy atom. The highest BCUT2D eigenvalue weighted by molar-refractivity contribution is 6.15. The lowest BCUT2D eigenvalue weighted by Crippen LogP contribution is -2.39. The second kappa shape index (κ2) is 11.3. The Labute approximate surface area is 228 Å². The van der Waals surface area contributed by atoms with Crippen LogP contribution >= 0.6 is 0 Å². The molecule has 0 unspecified atom stereocenters. The minimum absolute atomic E-state index is 0.154. The molecule has 0 aliphatic carbocycles. The van der Waals surface area contributed by atoms with E-state index in [0.29, 0.717) is 42.4 Å². The van der Waals surface area contributed by atoms with Crippen molar-refractivity contribution in [3.05, 3.63) is 124 Å². The van der Waals surface area contributed by atoms with E-state index in [2.05, 4.69) is 6.07 Å². The molecule has 1 fully saturated rings. The fraction of sp³-hybridized carbons (Fsp3) is 0.273. The summed E-state index contributed by atoms with van der Waals surface area (Å²) in [4.78, 5) is 29.7. The Balaban J connectivity index is 1.47. The fourth-order valence-corrected chi connectivity index (χ4v) is 5.52. The topological polar surface area (TPSA) is 51.5 Å². The Bertz CT molecular complexity index is 1480. The summed E-state index contributed by atoms with van der Waals surface area (Å²) in [7, 11) is 1.68. The van der Waals surface area contributed by atoms with Gasteiger partial charge in [0.15, 0.2) is 5.78 Å². The molecule has 0 saturated carbocycles. The van der Waals surface area contributed by atoms with E-state index in [1.54, 1.807) is 31.4 Å². The zero-order valence-electron chi connectivity index (χ0n) is 22.6. The number of nitrogens with zero attached hydrogens (tertiary/aromatic N) is 2. The van der Waals surface area contributed by atoms with Crippen LogP contribution in [0.5, 0.6) is 5.75 Å². The maximum atomic E-state index is 14.1. The number of ether oxygens (including phenoxy) is 1. The second-order valence-corrected chi connectivity index (χ2v) is 10.3. The van der Waals surface area contributed by atoms with Gasteiger partial charge in [0.2, 0.25) is 0 Å². The van der Waals surface area contributed by atoms with Crippen LogP contribution in [-0.4, -0.2) is 41.4 Å². The Kier molecular flexibility index (Phi) is 7.64. The SMILES string of the molecule is COc1ccccc1C1CCN(C(=O)c2c(C(=O)c3ccc(C)cc3)c(C)cn2Cc2ccc(F)cc2)CC1. The number of methoxy groups -OCH3 is 1. The normalized spacial score (nSPS) is 13.9. The monoisotopic (exact) mass is 524 g/mol. The smallest absolute Gasteiger partial charge is 0.271 e. The number of halogens is 1. The summed E-state index contributed by atoms with van der Waals surface area (Å²) in [5.74, 6) is 0.535. The Morgan fingerprint density at radius 3 is 2.26 bits per heavy atom. The highest BCUT2D eigenvalue weighted by Crippen LogP contribution is 2.35. The maximum absolute atomic E-state index is 14.1. The van der Waals surface area contributed by atoms with Crippen molar-refractivity contribution in [2.45, 2.75) is 39.2 Å². The van der Waals surface area contributed by atoms with E-state index >= 15 is 0 Å². The lowest BCUT2D eigenvalue weighted by Gasteiger charge is -2.33. The van der Waals surface area contributed by atoms with Gasteiger partial charge in [-0.05, 0) is 67.5 Å². The van der Waals surface area contributed by atoms with E-state index in [1.807, 2.05) is 59.8 Å². The van der Waals surface area contributed by atoms with Crippen LogP contribution in [-0.2, 0) is 6.54 Å². The molecule has 0 atom stereocenters. The molecule has 1 amide bonds. The number of hydrogen-bond acceptors (Lipinski definition) is 3. The van der Waals surface area contributed by atoms with Gasteiger partial charge in [-0.1, -0.05) is 60.2 Å². The third kappa shape index (κ3) is 5.51. The third-order valence-electron chi connectivity index (χ3n) is 7.64. The second-order valence-electron chi connectivity index (χ2n) is 10.3. The molecule has 0 bridgehead atoms. The van der Waals surface area contributed by atoms with Gasteiger partial charge in [0.25, 0.3) is 5.91 Å². The molecule has 0 radical (unpaired) electrons. The summed E-state index contributed by atoms with van der Waals surface area (Å²) >= 11 is 0. The number of piperidine rings is 1. The number of likely N-dealkylation sites (tertiary alicyclic amines) is 1. The minimum Gasteiger partial charge on any atom is -0.496 e. The Morgan fingerprint density at radius 1 is 0.923 bits per heavy atom. The summed E-state index contributed by atoms with van der Waals surface area (Å²) in [6, 6.07) is 21.7. The van der Waals surface area contributed by atoms with Crippen LogP contribution in [0.15, 0.2) is 79.0 Å². The zero-order valence-corrected chi connectivity index (χ0v) is 22.6. The van der Waals surface area contributed by atoms with Gasteiger partial charge in [0.05, 0.1) is 12.7 Å². The summed E-state index contributed by atoms with van der Waals surface area (Å²) in [6.45, 7) is 5.37. The third-order valence-corrected chi connectivity index (χ3v) is 7.64. The van der Waals surface area contributed by atoms with Crippen molar-refractivity contribution in [1.82, 2.24) is 9.47 Å². The van der Waals surface area contributed by atoms with Crippen molar-refractivity contribution in [3.63, 3.8) is 0 Å². The van der Waals surface area contributed by atoms with Crippen molar-refractivity contribution in [2.75, 3.05) is 20.2 Å². The van der Waals surface area contributed by atoms with E-state index in [-0.39, 0.29) is 17.5 Å². The Hall–Kier alpha value is -4.19. The molecule has 5 nitrogen and oxygen atoms in total. The van der Waals surface area contributed by atoms with E-state index in [0.717, 1.165) is 40.8 Å². The van der Waals surface area contributed by atoms with Gasteiger partial charge in [0.1, 0.15) is 17.3 Å². The van der Waals surface area contributed by atoms with Crippen molar-refractivity contribution in [2.24, 2.45) is 0 Å². The number of amides is 1. The van der Waals surface area contributed by atoms with Crippen LogP contribution in [0.3, 0.4) is 0 Å². The number of carbonyl (C=O) groups is 2. The van der Waals surface area contributed by atoms with Crippen molar-refractivity contribution < 1.29 is 18.7 Å². The molecule has 200 valence electrons. The lowest BCUT2D eigenvalue weighted by molar-refractivity contribution is 0.0698. The van der Waals surface area contributed by atoms with E-state index in [1.165, 1.54) is 12.1 Å². The largest absolute Gasteiger partial charge is 0.496 e. The zero-order chi connectivity index (χ0) is 27.5. The predicted octanol–water partition coefficient (Wildman–Crippen LogP) is 6.55. The average molecular weight is 525 g/mol. The first kappa shape index (κ1) is 26.4. The molecule has 0 N–H and O–H groups in total. The van der Waals surface area contributed by atoms with Gasteiger partial charge < -0.3 is 14.2 Å². The van der Waals surface area contributed by atoms with Crippen LogP contribution in [0.2, 0.25) is 0 Å². The van der Waals surface area contributed by atoms with Crippen LogP contribution in [0.4, 0.5) is 4.39 Å². The first-order valence-electron chi connectivity index (χ1n) is 13.3. The molecule has 3 aromatic carbocycles. The molecule has 2 heterocycles. The van der Waals surface area contributed by atoms with Gasteiger partial charge in [-0.3, -0.25) is 9.59 Å². The molecule has 1 saturated heterocycles. The lowest BCUT2D eigenvalue weighted by atomic mass is 9.88. The molecule has 5 rings (SSSR count). The van der Waals surface area contributed by atoms with E-state index in [9.17, 15) is 14.0 Å². The number of benzene rings is 3. The first-order chi connectivity index (χ1) is 18.9. The number of hydrogen-bond donors (Lipinski definition) is 0. The first-order valence-corrected chi connectivity index (χ1v) is 13.3. The quantitative estimate of drug-likeness (QED) is 0.258. The summed E-state index contributed by atoms with van der Waals surface area (Å²) < 4.78 is 21.0. The molecule has 0 spiro atoms. The minimum atomic E-state index is -0.313. The highest BCUT2D eigenvalue weighted by Gasteiger charge is 2.32. The summed E-state index contributed by atoms with van der Waals surface area (Å²) in [5.41, 5.74) is 5.19. The molecular weight excluding hydrogens is 491 g/mol. The standard InChI is InChI=1S/C33H33FN2O3/c1-22-8-12-26(13-9-22)32(37)30-23(2)20-36(21-24-10-14-27(34)15-11-24)31(30)33(38)35-18-16-25(17-19-35)28-6-4-5-7-29(28)39-3/h4-15,20,25H,16-19,21H2,1-3H3. The van der Waals surface area contributed by atoms with E-state index in [4.69, 9.17) is 4.74 Å². The maximum Gasteiger partial charge on any atom is 0.271 e. The summed E-state index contributed by atoms with van der Waals surface area (Å²) in [6.07, 6.45) is 3.48. The number of rotatable bonds is 7. The number of carbonyl (C=O) groups excluding carboxylic acids is 2. The van der Waals surface area contributed by atoms with Crippen LogP contribution in [0.1, 0.15) is 67.4 Å². The molecule has 4 aromatic rings. The van der Waals surface area contributed by atoms with Gasteiger partial charge in [0, 0.05) is 31.4 Å². The summed E-state index contributed by atoms with van der Waals surface area (Å²) in [5, 5.41) is 0. The highest BCUT2D eigenvalue weighted by atomic mass is 19.1. The van der Waals surface area contributed by atoms with Gasteiger partial charge in [-0.2, -0.15) is 0 Å². The molecule has 1 aliphatic rings. The van der Waals surface area contributed by atoms with Crippen molar-refractivity contribution >= 4 is 11.7 Å². The number of para-hydroxylation sites is 1. The molecular formula is C33H33FN2O3. The average Bonchev–Trinajstić information content (AvgIpc) is 3.29. The molecule has 1 aliphatic heterocycles. The molecule has 1 aromatic heterocycles. The van der Waals surface area contributed by atoms with Crippen LogP contribution < -0.4 is 4.74 Å². The number of ketones is 1. The van der Waals surface area contributed by atoms with Crippen molar-refractivity contribution in [1.29, 1.82) is 0 Å². The predicted molar refractivity (Wildman–Crippen MR) is 150 cm³/mol. The van der Waals surface area contributed by atoms with Gasteiger partial charge >= 0.3 is 0 Å².